The highest BCUT2D eigenvalue weighted by Crippen LogP contribution is 2.18. The van der Waals surface area contributed by atoms with Gasteiger partial charge in [0.15, 0.2) is 0 Å². The van der Waals surface area contributed by atoms with Crippen molar-refractivity contribution in [2.45, 2.75) is 32.0 Å². The van der Waals surface area contributed by atoms with Gasteiger partial charge in [-0.15, -0.1) is 0 Å². The lowest BCUT2D eigenvalue weighted by atomic mass is 10.2. The highest BCUT2D eigenvalue weighted by molar-refractivity contribution is 4.69. The topological polar surface area (TPSA) is 44.5 Å². The van der Waals surface area contributed by atoms with Crippen LogP contribution < -0.4 is 5.90 Å². The maximum Gasteiger partial charge on any atom is 0.0941 e. The summed E-state index contributed by atoms with van der Waals surface area (Å²) in [7, 11) is 0. The molecule has 0 saturated carbocycles. The SMILES string of the molecule is CC1CCC(CON)O1. The normalized spacial score (nSPS) is 35.3. The first-order chi connectivity index (χ1) is 4.33. The third-order valence-electron chi connectivity index (χ3n) is 1.60. The van der Waals surface area contributed by atoms with Gasteiger partial charge in [-0.2, -0.15) is 0 Å². The standard InChI is InChI=1S/C6H13NO2/c1-5-2-3-6(9-5)4-8-7/h5-6H,2-4,7H2,1H3. The second kappa shape index (κ2) is 3.15. The molecule has 0 aliphatic carbocycles. The third kappa shape index (κ3) is 1.93. The Bertz CT molecular complexity index is 85.1. The van der Waals surface area contributed by atoms with Crippen molar-refractivity contribution in [2.75, 3.05) is 6.61 Å². The molecule has 1 fully saturated rings. The highest BCUT2D eigenvalue weighted by atomic mass is 16.6. The van der Waals surface area contributed by atoms with Gasteiger partial charge in [0.05, 0.1) is 18.8 Å². The smallest absolute Gasteiger partial charge is 0.0941 e. The van der Waals surface area contributed by atoms with E-state index in [1.807, 2.05) is 0 Å². The van der Waals surface area contributed by atoms with E-state index >= 15 is 0 Å². The summed E-state index contributed by atoms with van der Waals surface area (Å²) in [5.41, 5.74) is 0. The van der Waals surface area contributed by atoms with Crippen LogP contribution in [0.15, 0.2) is 0 Å². The fourth-order valence-corrected chi connectivity index (χ4v) is 1.12. The third-order valence-corrected chi connectivity index (χ3v) is 1.60. The Labute approximate surface area is 55.1 Å². The zero-order valence-electron chi connectivity index (χ0n) is 5.67. The van der Waals surface area contributed by atoms with Gasteiger partial charge in [0.25, 0.3) is 0 Å². The van der Waals surface area contributed by atoms with Crippen molar-refractivity contribution in [2.24, 2.45) is 5.90 Å². The molecule has 3 nitrogen and oxygen atoms in total. The average molecular weight is 131 g/mol. The van der Waals surface area contributed by atoms with Gasteiger partial charge in [-0.3, -0.25) is 0 Å². The van der Waals surface area contributed by atoms with E-state index in [0.717, 1.165) is 12.8 Å². The van der Waals surface area contributed by atoms with Crippen LogP contribution in [-0.2, 0) is 9.57 Å². The molecule has 1 saturated heterocycles. The second-order valence-electron chi connectivity index (χ2n) is 2.48. The van der Waals surface area contributed by atoms with Gasteiger partial charge in [-0.25, -0.2) is 5.90 Å². The summed E-state index contributed by atoms with van der Waals surface area (Å²) < 4.78 is 5.40. The zero-order valence-corrected chi connectivity index (χ0v) is 5.67. The summed E-state index contributed by atoms with van der Waals surface area (Å²) in [4.78, 5) is 4.45. The number of rotatable bonds is 2. The minimum absolute atomic E-state index is 0.241. The van der Waals surface area contributed by atoms with Crippen LogP contribution in [-0.4, -0.2) is 18.8 Å². The molecule has 54 valence electrons. The summed E-state index contributed by atoms with van der Waals surface area (Å²) in [6, 6.07) is 0. The number of hydrogen-bond donors (Lipinski definition) is 1. The number of ether oxygens (including phenoxy) is 1. The number of hydrogen-bond acceptors (Lipinski definition) is 3. The molecule has 2 atom stereocenters. The summed E-state index contributed by atoms with van der Waals surface area (Å²) in [6.07, 6.45) is 2.85. The van der Waals surface area contributed by atoms with E-state index in [-0.39, 0.29) is 6.10 Å². The highest BCUT2D eigenvalue weighted by Gasteiger charge is 2.21. The van der Waals surface area contributed by atoms with E-state index < -0.39 is 0 Å². The Morgan fingerprint density at radius 2 is 2.44 bits per heavy atom. The Hall–Kier alpha value is -0.120. The molecule has 0 amide bonds. The van der Waals surface area contributed by atoms with Crippen LogP contribution in [0.4, 0.5) is 0 Å². The first kappa shape index (κ1) is 6.99. The van der Waals surface area contributed by atoms with Crippen molar-refractivity contribution in [1.29, 1.82) is 0 Å². The Balaban J connectivity index is 2.14. The Kier molecular flexibility index (Phi) is 2.45. The monoisotopic (exact) mass is 131 g/mol. The van der Waals surface area contributed by atoms with Crippen LogP contribution in [0.3, 0.4) is 0 Å². The van der Waals surface area contributed by atoms with E-state index in [1.165, 1.54) is 0 Å². The summed E-state index contributed by atoms with van der Waals surface area (Å²) in [5, 5.41) is 0. The van der Waals surface area contributed by atoms with Crippen molar-refractivity contribution >= 4 is 0 Å². The molecule has 2 unspecified atom stereocenters. The fourth-order valence-electron chi connectivity index (χ4n) is 1.12. The molecule has 1 aliphatic heterocycles. The molecular formula is C6H13NO2. The predicted molar refractivity (Wildman–Crippen MR) is 33.7 cm³/mol. The van der Waals surface area contributed by atoms with Gasteiger partial charge in [-0.05, 0) is 19.8 Å². The van der Waals surface area contributed by atoms with Crippen LogP contribution in [0.2, 0.25) is 0 Å². The quantitative estimate of drug-likeness (QED) is 0.553. The first-order valence-electron chi connectivity index (χ1n) is 3.30. The molecule has 0 aromatic heterocycles. The van der Waals surface area contributed by atoms with Gasteiger partial charge < -0.3 is 9.57 Å². The fraction of sp³-hybridized carbons (Fsp3) is 1.00. The molecule has 0 bridgehead atoms. The largest absolute Gasteiger partial charge is 0.373 e. The van der Waals surface area contributed by atoms with Crippen molar-refractivity contribution in [3.8, 4) is 0 Å². The van der Waals surface area contributed by atoms with Crippen LogP contribution in [0.25, 0.3) is 0 Å². The predicted octanol–water partition coefficient (Wildman–Crippen LogP) is 0.444. The zero-order chi connectivity index (χ0) is 6.69. The molecule has 0 spiro atoms. The van der Waals surface area contributed by atoms with E-state index in [4.69, 9.17) is 10.6 Å². The molecule has 0 aromatic rings. The molecule has 3 heteroatoms. The van der Waals surface area contributed by atoms with Crippen LogP contribution in [0.1, 0.15) is 19.8 Å². The minimum atomic E-state index is 0.241. The van der Waals surface area contributed by atoms with Crippen molar-refractivity contribution < 1.29 is 9.57 Å². The molecule has 0 radical (unpaired) electrons. The van der Waals surface area contributed by atoms with Crippen LogP contribution in [0.5, 0.6) is 0 Å². The van der Waals surface area contributed by atoms with Crippen molar-refractivity contribution in [3.05, 3.63) is 0 Å². The maximum absolute atomic E-state index is 5.40. The molecule has 1 heterocycles. The van der Waals surface area contributed by atoms with Gasteiger partial charge in [0.1, 0.15) is 0 Å². The Morgan fingerprint density at radius 3 is 2.89 bits per heavy atom. The molecule has 2 N–H and O–H groups in total. The number of nitrogens with two attached hydrogens (primary N) is 1. The van der Waals surface area contributed by atoms with Gasteiger partial charge in [0, 0.05) is 0 Å². The van der Waals surface area contributed by atoms with Gasteiger partial charge >= 0.3 is 0 Å². The molecular weight excluding hydrogens is 118 g/mol. The van der Waals surface area contributed by atoms with E-state index in [1.54, 1.807) is 0 Å². The first-order valence-corrected chi connectivity index (χ1v) is 3.30. The van der Waals surface area contributed by atoms with Crippen LogP contribution in [0, 0.1) is 0 Å². The van der Waals surface area contributed by atoms with Crippen LogP contribution >= 0.6 is 0 Å². The summed E-state index contributed by atoms with van der Waals surface area (Å²) in [5.74, 6) is 4.87. The lowest BCUT2D eigenvalue weighted by Crippen LogP contribution is -2.18. The lowest BCUT2D eigenvalue weighted by molar-refractivity contribution is -0.00970. The average Bonchev–Trinajstić information content (AvgIpc) is 2.17. The van der Waals surface area contributed by atoms with Crippen molar-refractivity contribution in [3.63, 3.8) is 0 Å². The molecule has 1 rings (SSSR count). The maximum atomic E-state index is 5.40. The van der Waals surface area contributed by atoms with Gasteiger partial charge in [0.2, 0.25) is 0 Å². The molecule has 1 aliphatic rings. The lowest BCUT2D eigenvalue weighted by Gasteiger charge is -2.07. The van der Waals surface area contributed by atoms with Gasteiger partial charge in [-0.1, -0.05) is 0 Å². The van der Waals surface area contributed by atoms with E-state index in [9.17, 15) is 0 Å². The second-order valence-corrected chi connectivity index (χ2v) is 2.48. The summed E-state index contributed by atoms with van der Waals surface area (Å²) >= 11 is 0. The minimum Gasteiger partial charge on any atom is -0.373 e. The molecule has 0 aromatic carbocycles. The van der Waals surface area contributed by atoms with E-state index in [0.29, 0.717) is 12.7 Å². The Morgan fingerprint density at radius 1 is 1.67 bits per heavy atom. The summed E-state index contributed by atoms with van der Waals surface area (Å²) in [6.45, 7) is 2.60. The van der Waals surface area contributed by atoms with E-state index in [2.05, 4.69) is 11.8 Å². The molecule has 9 heavy (non-hydrogen) atoms. The van der Waals surface area contributed by atoms with Crippen molar-refractivity contribution in [1.82, 2.24) is 0 Å².